The summed E-state index contributed by atoms with van der Waals surface area (Å²) in [5.74, 6) is 0. The lowest BCUT2D eigenvalue weighted by molar-refractivity contribution is 0.0181. The minimum atomic E-state index is 0.210. The van der Waals surface area contributed by atoms with Gasteiger partial charge in [0.2, 0.25) is 0 Å². The zero-order chi connectivity index (χ0) is 12.1. The van der Waals surface area contributed by atoms with E-state index >= 15 is 0 Å². The smallest absolute Gasteiger partial charge is 0.320 e. The first-order valence-corrected chi connectivity index (χ1v) is 6.67. The highest BCUT2D eigenvalue weighted by molar-refractivity contribution is 5.74. The molecule has 2 saturated heterocycles. The average molecular weight is 241 g/mol. The molecule has 0 aliphatic carbocycles. The van der Waals surface area contributed by atoms with Crippen LogP contribution < -0.4 is 5.32 Å². The molecule has 1 N–H and O–H groups in total. The first kappa shape index (κ1) is 12.6. The van der Waals surface area contributed by atoms with Crippen molar-refractivity contribution < 1.29 is 9.53 Å². The van der Waals surface area contributed by atoms with E-state index in [1.165, 1.54) is 0 Å². The molecule has 0 aromatic rings. The molecule has 2 aliphatic rings. The summed E-state index contributed by atoms with van der Waals surface area (Å²) in [4.78, 5) is 16.1. The van der Waals surface area contributed by atoms with E-state index < -0.39 is 0 Å². The lowest BCUT2D eigenvalue weighted by Crippen LogP contribution is -2.53. The van der Waals surface area contributed by atoms with Gasteiger partial charge in [0, 0.05) is 45.9 Å². The summed E-state index contributed by atoms with van der Waals surface area (Å²) in [6, 6.07) is 0.210. The SMILES string of the molecule is CCOC1CCN(C(=O)N2CCNCC2)CC1. The molecule has 0 radical (unpaired) electrons. The normalized spacial score (nSPS) is 22.9. The van der Waals surface area contributed by atoms with Crippen LogP contribution in [0, 0.1) is 0 Å². The predicted molar refractivity (Wildman–Crippen MR) is 66.1 cm³/mol. The summed E-state index contributed by atoms with van der Waals surface area (Å²) in [5.41, 5.74) is 0. The van der Waals surface area contributed by atoms with Crippen LogP contribution in [0.5, 0.6) is 0 Å². The summed E-state index contributed by atoms with van der Waals surface area (Å²) < 4.78 is 5.59. The maximum absolute atomic E-state index is 12.2. The van der Waals surface area contributed by atoms with Gasteiger partial charge in [-0.15, -0.1) is 0 Å². The number of carbonyl (C=O) groups is 1. The zero-order valence-electron chi connectivity index (χ0n) is 10.7. The predicted octanol–water partition coefficient (Wildman–Crippen LogP) is 0.513. The van der Waals surface area contributed by atoms with Gasteiger partial charge in [-0.2, -0.15) is 0 Å². The van der Waals surface area contributed by atoms with Gasteiger partial charge in [0.1, 0.15) is 0 Å². The number of urea groups is 1. The third-order valence-electron chi connectivity index (χ3n) is 3.50. The minimum Gasteiger partial charge on any atom is -0.378 e. The molecule has 2 amide bonds. The lowest BCUT2D eigenvalue weighted by atomic mass is 10.1. The number of hydrogen-bond acceptors (Lipinski definition) is 3. The molecule has 0 atom stereocenters. The molecule has 5 heteroatoms. The van der Waals surface area contributed by atoms with E-state index in [0.29, 0.717) is 6.10 Å². The Morgan fingerprint density at radius 2 is 1.76 bits per heavy atom. The summed E-state index contributed by atoms with van der Waals surface area (Å²) in [6.45, 7) is 7.99. The summed E-state index contributed by atoms with van der Waals surface area (Å²) >= 11 is 0. The number of nitrogens with zero attached hydrogens (tertiary/aromatic N) is 2. The molecule has 2 heterocycles. The highest BCUT2D eigenvalue weighted by atomic mass is 16.5. The minimum absolute atomic E-state index is 0.210. The van der Waals surface area contributed by atoms with Gasteiger partial charge in [0.25, 0.3) is 0 Å². The molecule has 0 spiro atoms. The van der Waals surface area contributed by atoms with Gasteiger partial charge < -0.3 is 19.9 Å². The van der Waals surface area contributed by atoms with Crippen molar-refractivity contribution in [1.29, 1.82) is 0 Å². The number of amides is 2. The fourth-order valence-corrected chi connectivity index (χ4v) is 2.51. The van der Waals surface area contributed by atoms with Crippen LogP contribution in [-0.4, -0.2) is 67.8 Å². The Bertz CT molecular complexity index is 246. The van der Waals surface area contributed by atoms with Gasteiger partial charge in [-0.05, 0) is 19.8 Å². The van der Waals surface area contributed by atoms with Crippen LogP contribution in [0.3, 0.4) is 0 Å². The second kappa shape index (κ2) is 6.21. The summed E-state index contributed by atoms with van der Waals surface area (Å²) in [7, 11) is 0. The molecule has 0 aromatic heterocycles. The summed E-state index contributed by atoms with van der Waals surface area (Å²) in [6.07, 6.45) is 2.31. The average Bonchev–Trinajstić information content (AvgIpc) is 2.40. The molecule has 2 fully saturated rings. The molecule has 0 unspecified atom stereocenters. The van der Waals surface area contributed by atoms with E-state index in [-0.39, 0.29) is 6.03 Å². The first-order chi connectivity index (χ1) is 8.31. The molecule has 2 rings (SSSR count). The van der Waals surface area contributed by atoms with Gasteiger partial charge in [-0.1, -0.05) is 0 Å². The van der Waals surface area contributed by atoms with Crippen molar-refractivity contribution in [1.82, 2.24) is 15.1 Å². The maximum Gasteiger partial charge on any atom is 0.320 e. The summed E-state index contributed by atoms with van der Waals surface area (Å²) in [5, 5.41) is 3.26. The van der Waals surface area contributed by atoms with Crippen LogP contribution in [0.1, 0.15) is 19.8 Å². The van der Waals surface area contributed by atoms with Crippen LogP contribution in [0.15, 0.2) is 0 Å². The number of likely N-dealkylation sites (tertiary alicyclic amines) is 1. The highest BCUT2D eigenvalue weighted by Crippen LogP contribution is 2.15. The van der Waals surface area contributed by atoms with E-state index in [9.17, 15) is 4.79 Å². The molecule has 17 heavy (non-hydrogen) atoms. The van der Waals surface area contributed by atoms with Crippen molar-refractivity contribution >= 4 is 6.03 Å². The first-order valence-electron chi connectivity index (χ1n) is 6.67. The lowest BCUT2D eigenvalue weighted by Gasteiger charge is -2.37. The Kier molecular flexibility index (Phi) is 4.62. The molecule has 5 nitrogen and oxygen atoms in total. The monoisotopic (exact) mass is 241 g/mol. The Morgan fingerprint density at radius 1 is 1.18 bits per heavy atom. The third-order valence-corrected chi connectivity index (χ3v) is 3.50. The third kappa shape index (κ3) is 3.33. The number of carbonyl (C=O) groups excluding carboxylic acids is 1. The van der Waals surface area contributed by atoms with E-state index in [1.54, 1.807) is 0 Å². The maximum atomic E-state index is 12.2. The fourth-order valence-electron chi connectivity index (χ4n) is 2.51. The van der Waals surface area contributed by atoms with Gasteiger partial charge in [0.15, 0.2) is 0 Å². The van der Waals surface area contributed by atoms with Crippen LogP contribution in [0.25, 0.3) is 0 Å². The van der Waals surface area contributed by atoms with E-state index in [0.717, 1.165) is 58.7 Å². The van der Waals surface area contributed by atoms with E-state index in [1.807, 2.05) is 16.7 Å². The van der Waals surface area contributed by atoms with Crippen molar-refractivity contribution in [3.05, 3.63) is 0 Å². The molecule has 0 aromatic carbocycles. The number of nitrogens with one attached hydrogen (secondary N) is 1. The zero-order valence-corrected chi connectivity index (χ0v) is 10.7. The van der Waals surface area contributed by atoms with Crippen molar-refractivity contribution in [3.8, 4) is 0 Å². The van der Waals surface area contributed by atoms with Crippen LogP contribution in [0.4, 0.5) is 4.79 Å². The molecule has 0 bridgehead atoms. The molecular weight excluding hydrogens is 218 g/mol. The van der Waals surface area contributed by atoms with Gasteiger partial charge in [0.05, 0.1) is 6.10 Å². The quantitative estimate of drug-likeness (QED) is 0.766. The molecule has 0 saturated carbocycles. The van der Waals surface area contributed by atoms with Gasteiger partial charge in [-0.25, -0.2) is 4.79 Å². The van der Waals surface area contributed by atoms with Crippen molar-refractivity contribution in [2.24, 2.45) is 0 Å². The van der Waals surface area contributed by atoms with E-state index in [2.05, 4.69) is 5.32 Å². The van der Waals surface area contributed by atoms with Crippen molar-refractivity contribution in [2.45, 2.75) is 25.9 Å². The number of hydrogen-bond donors (Lipinski definition) is 1. The topological polar surface area (TPSA) is 44.8 Å². The second-order valence-electron chi connectivity index (χ2n) is 4.66. The Morgan fingerprint density at radius 3 is 2.35 bits per heavy atom. The molecule has 98 valence electrons. The molecule has 2 aliphatic heterocycles. The van der Waals surface area contributed by atoms with Crippen molar-refractivity contribution in [3.63, 3.8) is 0 Å². The van der Waals surface area contributed by atoms with E-state index in [4.69, 9.17) is 4.74 Å². The van der Waals surface area contributed by atoms with Gasteiger partial charge in [-0.3, -0.25) is 0 Å². The van der Waals surface area contributed by atoms with Crippen LogP contribution >= 0.6 is 0 Å². The standard InChI is InChI=1S/C12H23N3O2/c1-2-17-11-3-7-14(8-4-11)12(16)15-9-5-13-6-10-15/h11,13H,2-10H2,1H3. The number of piperazine rings is 1. The fraction of sp³-hybridized carbons (Fsp3) is 0.917. The van der Waals surface area contributed by atoms with Crippen LogP contribution in [0.2, 0.25) is 0 Å². The largest absolute Gasteiger partial charge is 0.378 e. The number of ether oxygens (including phenoxy) is 1. The Hall–Kier alpha value is -0.810. The number of rotatable bonds is 2. The highest BCUT2D eigenvalue weighted by Gasteiger charge is 2.26. The Balaban J connectivity index is 1.77. The Labute approximate surface area is 103 Å². The second-order valence-corrected chi connectivity index (χ2v) is 4.66. The number of piperidine rings is 1. The van der Waals surface area contributed by atoms with Crippen LogP contribution in [-0.2, 0) is 4.74 Å². The van der Waals surface area contributed by atoms with Crippen molar-refractivity contribution in [2.75, 3.05) is 45.9 Å². The van der Waals surface area contributed by atoms with Gasteiger partial charge >= 0.3 is 6.03 Å². The molecular formula is C12H23N3O2.